The van der Waals surface area contributed by atoms with Gasteiger partial charge in [-0.05, 0) is 28.3 Å². The maximum Gasteiger partial charge on any atom is 0.416 e. The van der Waals surface area contributed by atoms with E-state index in [1.165, 1.54) is 24.4 Å². The highest BCUT2D eigenvalue weighted by Gasteiger charge is 2.41. The van der Waals surface area contributed by atoms with Gasteiger partial charge in [0.15, 0.2) is 5.69 Å². The first-order chi connectivity index (χ1) is 14.7. The van der Waals surface area contributed by atoms with E-state index in [0.29, 0.717) is 4.31 Å². The normalized spacial score (nSPS) is 12.5. The van der Waals surface area contributed by atoms with Gasteiger partial charge in [-0.2, -0.15) is 8.78 Å². The lowest BCUT2D eigenvalue weighted by molar-refractivity contribution is -0.364. The first-order valence-electron chi connectivity index (χ1n) is 8.47. The second kappa shape index (κ2) is 10.5. The number of alkyl halides is 4. The summed E-state index contributed by atoms with van der Waals surface area (Å²) in [5, 5.41) is 0. The monoisotopic (exact) mass is 468 g/mol. The molecule has 7 nitrogen and oxygen atoms in total. The molecule has 0 radical (unpaired) electrons. The van der Waals surface area contributed by atoms with Crippen LogP contribution in [0.4, 0.5) is 27.8 Å². The molecule has 0 aliphatic carbocycles. The van der Waals surface area contributed by atoms with Gasteiger partial charge in [0.1, 0.15) is 16.7 Å². The lowest BCUT2D eigenvalue weighted by atomic mass is 10.1. The van der Waals surface area contributed by atoms with Crippen LogP contribution < -0.4 is 9.04 Å². The van der Waals surface area contributed by atoms with Crippen LogP contribution >= 0.6 is 0 Å². The number of esters is 1. The Bertz CT molecular complexity index is 947. The van der Waals surface area contributed by atoms with Crippen molar-refractivity contribution in [3.63, 3.8) is 0 Å². The summed E-state index contributed by atoms with van der Waals surface area (Å²) in [4.78, 5) is 18.4. The number of carbonyl (C=O) groups excluding carboxylic acids is 1. The zero-order valence-electron chi connectivity index (χ0n) is 16.2. The number of nitrogens with zero attached hydrogens (tertiary/aromatic N) is 2. The third-order valence-corrected chi connectivity index (χ3v) is 5.38. The number of methoxy groups -OCH3 is 2. The molecule has 1 heterocycles. The van der Waals surface area contributed by atoms with Gasteiger partial charge in [-0.1, -0.05) is 12.1 Å². The molecule has 2 aromatic rings. The molecule has 1 aromatic carbocycles. The van der Waals surface area contributed by atoms with E-state index in [2.05, 4.69) is 14.7 Å². The van der Waals surface area contributed by atoms with Gasteiger partial charge in [0.05, 0.1) is 37.8 Å². The van der Waals surface area contributed by atoms with Crippen LogP contribution in [0.3, 0.4) is 0 Å². The van der Waals surface area contributed by atoms with Gasteiger partial charge in [0.25, 0.3) is 6.43 Å². The van der Waals surface area contributed by atoms with Gasteiger partial charge < -0.3 is 9.47 Å². The lowest BCUT2D eigenvalue weighted by Crippen LogP contribution is -2.34. The first-order valence-corrected chi connectivity index (χ1v) is 9.75. The number of rotatable bonds is 10. The highest BCUT2D eigenvalue weighted by atomic mass is 32.2. The number of halogens is 5. The van der Waals surface area contributed by atoms with Crippen molar-refractivity contribution in [3.8, 4) is 5.75 Å². The van der Waals surface area contributed by atoms with Crippen LogP contribution in [0.25, 0.3) is 0 Å². The summed E-state index contributed by atoms with van der Waals surface area (Å²) in [6.07, 6.45) is -6.26. The van der Waals surface area contributed by atoms with Crippen molar-refractivity contribution in [2.75, 3.05) is 25.1 Å². The Morgan fingerprint density at radius 3 is 2.52 bits per heavy atom. The molecule has 0 aliphatic rings. The number of pyridine rings is 1. The topological polar surface area (TPSA) is 78.0 Å². The van der Waals surface area contributed by atoms with Crippen LogP contribution in [-0.2, 0) is 32.5 Å². The molecule has 1 atom stereocenters. The molecule has 2 rings (SSSR count). The van der Waals surface area contributed by atoms with Crippen LogP contribution in [0, 0.1) is 0 Å². The predicted molar refractivity (Wildman–Crippen MR) is 99.9 cm³/mol. The van der Waals surface area contributed by atoms with E-state index in [1.807, 2.05) is 0 Å². The van der Waals surface area contributed by atoms with Gasteiger partial charge >= 0.3 is 12.1 Å². The summed E-state index contributed by atoms with van der Waals surface area (Å²) in [6.45, 7) is -1.11. The lowest BCUT2D eigenvalue weighted by Gasteiger charge is -2.25. The first kappa shape index (κ1) is 24.5. The van der Waals surface area contributed by atoms with E-state index in [1.54, 1.807) is 0 Å². The smallest absolute Gasteiger partial charge is 0.416 e. The number of hydrogen-bond donors (Lipinski definition) is 0. The van der Waals surface area contributed by atoms with Crippen molar-refractivity contribution in [2.24, 2.45) is 0 Å². The molecule has 0 aliphatic heterocycles. The number of ether oxygens (including phenoxy) is 2. The van der Waals surface area contributed by atoms with Gasteiger partial charge in [-0.15, -0.1) is 4.94 Å². The number of anilines is 1. The summed E-state index contributed by atoms with van der Waals surface area (Å²) in [5.74, 6) is -2.20. The maximum absolute atomic E-state index is 14.0. The third kappa shape index (κ3) is 5.67. The summed E-state index contributed by atoms with van der Waals surface area (Å²) >= 11 is 0. The molecule has 13 heteroatoms. The molecule has 0 spiro atoms. The van der Waals surface area contributed by atoms with Gasteiger partial charge in [0.2, 0.25) is 0 Å². The summed E-state index contributed by atoms with van der Waals surface area (Å²) in [6, 6.07) is 5.96. The molecular weight excluding hydrogens is 451 g/mol. The van der Waals surface area contributed by atoms with Crippen molar-refractivity contribution in [3.05, 3.63) is 53.3 Å². The summed E-state index contributed by atoms with van der Waals surface area (Å²) in [5.41, 5.74) is -2.10. The molecule has 0 amide bonds. The van der Waals surface area contributed by atoms with Gasteiger partial charge in [-0.25, -0.2) is 22.8 Å². The highest BCUT2D eigenvalue weighted by Crippen LogP contribution is 2.39. The number of hydrogen-bond acceptors (Lipinski definition) is 6. The highest BCUT2D eigenvalue weighted by molar-refractivity contribution is 7.85. The van der Waals surface area contributed by atoms with E-state index in [9.17, 15) is 31.1 Å². The Morgan fingerprint density at radius 2 is 1.94 bits per heavy atom. The van der Waals surface area contributed by atoms with E-state index in [-0.39, 0.29) is 11.3 Å². The second-order valence-electron chi connectivity index (χ2n) is 5.87. The Balaban J connectivity index is 2.52. The minimum absolute atomic E-state index is 0.258. The van der Waals surface area contributed by atoms with Crippen molar-refractivity contribution < 1.29 is 45.5 Å². The number of benzene rings is 1. The largest absolute Gasteiger partial charge is 0.496 e. The maximum atomic E-state index is 14.0. The van der Waals surface area contributed by atoms with E-state index >= 15 is 0 Å². The Morgan fingerprint density at radius 1 is 1.23 bits per heavy atom. The Labute approximate surface area is 176 Å². The molecule has 1 aromatic heterocycles. The van der Waals surface area contributed by atoms with Crippen molar-refractivity contribution in [2.45, 2.75) is 18.3 Å². The zero-order chi connectivity index (χ0) is 23.2. The third-order valence-electron chi connectivity index (χ3n) is 3.98. The van der Waals surface area contributed by atoms with Crippen LogP contribution in [0.15, 0.2) is 36.5 Å². The standard InChI is InChI=1S/C18H17F5N2O5S/c1-28-13-7-3-5-11(15(13)18(21,22)30-23)10-31(27)25(9-14(19)20)12-6-4-8-24-16(12)17(26)29-2/h3-8,14H,9-10H2,1-2H3. The van der Waals surface area contributed by atoms with E-state index < -0.39 is 58.8 Å². The average Bonchev–Trinajstić information content (AvgIpc) is 2.76. The summed E-state index contributed by atoms with van der Waals surface area (Å²) in [7, 11) is -0.338. The Kier molecular flexibility index (Phi) is 8.28. The van der Waals surface area contributed by atoms with Gasteiger partial charge in [-0.3, -0.25) is 4.31 Å². The van der Waals surface area contributed by atoms with Gasteiger partial charge in [0, 0.05) is 6.20 Å². The molecule has 170 valence electrons. The second-order valence-corrected chi connectivity index (χ2v) is 7.24. The fraction of sp³-hybridized carbons (Fsp3) is 0.333. The van der Waals surface area contributed by atoms with E-state index in [0.717, 1.165) is 26.4 Å². The molecule has 0 N–H and O–H groups in total. The quantitative estimate of drug-likeness (QED) is 0.390. The van der Waals surface area contributed by atoms with Crippen LogP contribution in [-0.4, -0.2) is 42.4 Å². The van der Waals surface area contributed by atoms with Crippen LogP contribution in [0.1, 0.15) is 21.6 Å². The van der Waals surface area contributed by atoms with Crippen LogP contribution in [0.5, 0.6) is 5.75 Å². The average molecular weight is 468 g/mol. The van der Waals surface area contributed by atoms with Crippen molar-refractivity contribution >= 4 is 22.6 Å². The molecule has 0 bridgehead atoms. The Hall–Kier alpha value is -2.80. The predicted octanol–water partition coefficient (Wildman–Crippen LogP) is 3.76. The molecule has 0 saturated carbocycles. The minimum atomic E-state index is -4.45. The van der Waals surface area contributed by atoms with Crippen molar-refractivity contribution in [1.82, 2.24) is 4.98 Å². The fourth-order valence-electron chi connectivity index (χ4n) is 2.72. The van der Waals surface area contributed by atoms with E-state index in [4.69, 9.17) is 4.74 Å². The molecule has 0 fully saturated rings. The molecule has 1 unspecified atom stereocenters. The molecule has 31 heavy (non-hydrogen) atoms. The molecular formula is C18H17F5N2O5S. The van der Waals surface area contributed by atoms with Crippen LogP contribution in [0.2, 0.25) is 0 Å². The molecule has 0 saturated heterocycles. The summed E-state index contributed by atoms with van der Waals surface area (Å²) < 4.78 is 89.9. The minimum Gasteiger partial charge on any atom is -0.496 e. The zero-order valence-corrected chi connectivity index (χ0v) is 17.0. The SMILES string of the molecule is COC(=O)c1ncccc1N(CC(F)F)S(=O)Cc1cccc(OC)c1C(F)(F)OF. The number of aromatic nitrogens is 1. The van der Waals surface area contributed by atoms with Crippen molar-refractivity contribution in [1.29, 1.82) is 0 Å². The fourth-order valence-corrected chi connectivity index (χ4v) is 4.02. The number of carbonyl (C=O) groups is 1.